The molecular formula is C23H27N3O4. The summed E-state index contributed by atoms with van der Waals surface area (Å²) in [6, 6.07) is 11.9. The smallest absolute Gasteiger partial charge is 0.270 e. The molecule has 30 heavy (non-hydrogen) atoms. The maximum absolute atomic E-state index is 13.4. The van der Waals surface area contributed by atoms with E-state index in [4.69, 9.17) is 9.15 Å². The van der Waals surface area contributed by atoms with Crippen LogP contribution in [0.2, 0.25) is 0 Å². The number of aryl methyl sites for hydroxylation is 1. The molecule has 0 unspecified atom stereocenters. The first-order chi connectivity index (χ1) is 14.5. The number of nitrogens with zero attached hydrogens (tertiary/aromatic N) is 3. The van der Waals surface area contributed by atoms with Gasteiger partial charge in [-0.25, -0.2) is 0 Å². The average molecular weight is 409 g/mol. The summed E-state index contributed by atoms with van der Waals surface area (Å²) in [5.74, 6) is -0.0850. The number of ether oxygens (including phenoxy) is 1. The van der Waals surface area contributed by atoms with Crippen molar-refractivity contribution in [2.45, 2.75) is 26.4 Å². The molecule has 1 saturated heterocycles. The number of aromatic nitrogens is 1. The number of carbonyl (C=O) groups is 2. The second-order valence-electron chi connectivity index (χ2n) is 7.84. The van der Waals surface area contributed by atoms with E-state index in [1.54, 1.807) is 11.2 Å². The van der Waals surface area contributed by atoms with E-state index in [0.717, 1.165) is 10.9 Å². The maximum Gasteiger partial charge on any atom is 0.270 e. The van der Waals surface area contributed by atoms with Crippen molar-refractivity contribution in [1.29, 1.82) is 0 Å². The van der Waals surface area contributed by atoms with Crippen molar-refractivity contribution in [2.24, 2.45) is 0 Å². The minimum Gasteiger partial charge on any atom is -0.448 e. The summed E-state index contributed by atoms with van der Waals surface area (Å²) in [5.41, 5.74) is 3.62. The number of fused-ring (bicyclic) bond motifs is 1. The standard InChI is InChI=1S/C23H27N3O4/c1-16-6-4-5-7-19(16)14-26-20(12-18-8-11-30-23(18)26)22(28)24-9-10-25(17(2)13-24)21(27)15-29-3/h4-8,11-12,17H,9-10,13-15H2,1-3H3/t17-/m1/s1. The monoisotopic (exact) mass is 409 g/mol. The zero-order valence-electron chi connectivity index (χ0n) is 17.6. The lowest BCUT2D eigenvalue weighted by Gasteiger charge is -2.39. The van der Waals surface area contributed by atoms with Crippen LogP contribution in [0.5, 0.6) is 0 Å². The molecule has 3 aromatic rings. The van der Waals surface area contributed by atoms with Crippen LogP contribution >= 0.6 is 0 Å². The van der Waals surface area contributed by atoms with E-state index in [0.29, 0.717) is 37.6 Å². The van der Waals surface area contributed by atoms with Crippen LogP contribution in [0.15, 0.2) is 47.1 Å². The number of benzene rings is 1. The van der Waals surface area contributed by atoms with E-state index < -0.39 is 0 Å². The van der Waals surface area contributed by atoms with Gasteiger partial charge in [-0.3, -0.25) is 9.59 Å². The highest BCUT2D eigenvalue weighted by Gasteiger charge is 2.31. The lowest BCUT2D eigenvalue weighted by Crippen LogP contribution is -2.56. The van der Waals surface area contributed by atoms with Crippen LogP contribution in [0.1, 0.15) is 28.5 Å². The van der Waals surface area contributed by atoms with Crippen molar-refractivity contribution in [2.75, 3.05) is 33.4 Å². The van der Waals surface area contributed by atoms with Gasteiger partial charge in [-0.2, -0.15) is 0 Å². The number of hydrogen-bond acceptors (Lipinski definition) is 4. The summed E-state index contributed by atoms with van der Waals surface area (Å²) < 4.78 is 12.6. The first-order valence-corrected chi connectivity index (χ1v) is 10.2. The fourth-order valence-corrected chi connectivity index (χ4v) is 4.15. The largest absolute Gasteiger partial charge is 0.448 e. The highest BCUT2D eigenvalue weighted by Crippen LogP contribution is 2.25. The molecule has 1 fully saturated rings. The summed E-state index contributed by atoms with van der Waals surface area (Å²) >= 11 is 0. The van der Waals surface area contributed by atoms with Gasteiger partial charge in [0.05, 0.1) is 12.8 Å². The van der Waals surface area contributed by atoms with E-state index >= 15 is 0 Å². The van der Waals surface area contributed by atoms with E-state index in [1.165, 1.54) is 12.7 Å². The number of methoxy groups -OCH3 is 1. The second kappa shape index (κ2) is 8.36. The first kappa shape index (κ1) is 20.2. The van der Waals surface area contributed by atoms with Gasteiger partial charge >= 0.3 is 0 Å². The molecule has 1 aliphatic heterocycles. The second-order valence-corrected chi connectivity index (χ2v) is 7.84. The number of hydrogen-bond donors (Lipinski definition) is 0. The van der Waals surface area contributed by atoms with Gasteiger partial charge in [0.1, 0.15) is 12.3 Å². The third kappa shape index (κ3) is 3.73. The number of carbonyl (C=O) groups excluding carboxylic acids is 2. The van der Waals surface area contributed by atoms with Crippen molar-refractivity contribution in [1.82, 2.24) is 14.4 Å². The van der Waals surface area contributed by atoms with Crippen LogP contribution in [0, 0.1) is 6.92 Å². The minimum atomic E-state index is -0.0619. The Kier molecular flexibility index (Phi) is 5.63. The summed E-state index contributed by atoms with van der Waals surface area (Å²) in [7, 11) is 1.51. The molecule has 0 saturated carbocycles. The predicted molar refractivity (Wildman–Crippen MR) is 113 cm³/mol. The number of furan rings is 1. The lowest BCUT2D eigenvalue weighted by atomic mass is 10.1. The number of amides is 2. The van der Waals surface area contributed by atoms with E-state index in [-0.39, 0.29) is 24.5 Å². The zero-order chi connectivity index (χ0) is 21.3. The fourth-order valence-electron chi connectivity index (χ4n) is 4.15. The Balaban J connectivity index is 1.59. The molecular weight excluding hydrogens is 382 g/mol. The molecule has 0 aliphatic carbocycles. The van der Waals surface area contributed by atoms with Gasteiger partial charge in [0.2, 0.25) is 11.6 Å². The van der Waals surface area contributed by atoms with Crippen molar-refractivity contribution in [3.63, 3.8) is 0 Å². The fraction of sp³-hybridized carbons (Fsp3) is 0.391. The Labute approximate surface area is 175 Å². The normalized spacial score (nSPS) is 17.0. The molecule has 2 amide bonds. The van der Waals surface area contributed by atoms with Crippen LogP contribution in [-0.4, -0.2) is 65.6 Å². The summed E-state index contributed by atoms with van der Waals surface area (Å²) in [5, 5.41) is 0.911. The Bertz CT molecular complexity index is 1070. The van der Waals surface area contributed by atoms with Gasteiger partial charge in [-0.1, -0.05) is 24.3 Å². The molecule has 0 radical (unpaired) electrons. The van der Waals surface area contributed by atoms with Crippen molar-refractivity contribution < 1.29 is 18.7 Å². The highest BCUT2D eigenvalue weighted by molar-refractivity contribution is 5.98. The summed E-state index contributed by atoms with van der Waals surface area (Å²) in [4.78, 5) is 29.3. The van der Waals surface area contributed by atoms with Crippen LogP contribution < -0.4 is 0 Å². The predicted octanol–water partition coefficient (Wildman–Crippen LogP) is 2.91. The molecule has 7 heteroatoms. The third-order valence-electron chi connectivity index (χ3n) is 5.81. The minimum absolute atomic E-state index is 0.0410. The van der Waals surface area contributed by atoms with E-state index in [9.17, 15) is 9.59 Å². The van der Waals surface area contributed by atoms with Gasteiger partial charge in [-0.05, 0) is 37.1 Å². The van der Waals surface area contributed by atoms with Crippen molar-refractivity contribution >= 4 is 22.9 Å². The Morgan fingerprint density at radius 2 is 2.00 bits per heavy atom. The zero-order valence-corrected chi connectivity index (χ0v) is 17.6. The third-order valence-corrected chi connectivity index (χ3v) is 5.81. The highest BCUT2D eigenvalue weighted by atomic mass is 16.5. The first-order valence-electron chi connectivity index (χ1n) is 10.2. The molecule has 1 aromatic carbocycles. The van der Waals surface area contributed by atoms with Gasteiger partial charge in [-0.15, -0.1) is 0 Å². The van der Waals surface area contributed by atoms with Crippen LogP contribution in [0.4, 0.5) is 0 Å². The van der Waals surface area contributed by atoms with E-state index in [1.807, 2.05) is 40.7 Å². The Hall–Kier alpha value is -3.06. The molecule has 1 aliphatic rings. The Morgan fingerprint density at radius 3 is 2.73 bits per heavy atom. The molecule has 4 rings (SSSR count). The summed E-state index contributed by atoms with van der Waals surface area (Å²) in [6.07, 6.45) is 1.65. The topological polar surface area (TPSA) is 67.9 Å². The molecule has 0 spiro atoms. The summed E-state index contributed by atoms with van der Waals surface area (Å²) in [6.45, 7) is 6.15. The van der Waals surface area contributed by atoms with E-state index in [2.05, 4.69) is 19.1 Å². The SMILES string of the molecule is COCC(=O)N1CCN(C(=O)c2cc3ccoc3n2Cc2ccccc2C)C[C@H]1C. The Morgan fingerprint density at radius 1 is 1.20 bits per heavy atom. The maximum atomic E-state index is 13.4. The van der Waals surface area contributed by atoms with Gasteiger partial charge < -0.3 is 23.5 Å². The quantitative estimate of drug-likeness (QED) is 0.650. The van der Waals surface area contributed by atoms with Crippen molar-refractivity contribution in [3.05, 3.63) is 59.5 Å². The molecule has 2 aromatic heterocycles. The molecule has 1 atom stereocenters. The average Bonchev–Trinajstić information content (AvgIpc) is 3.31. The lowest BCUT2D eigenvalue weighted by molar-refractivity contribution is -0.139. The molecule has 0 bridgehead atoms. The molecule has 0 N–H and O–H groups in total. The van der Waals surface area contributed by atoms with Crippen LogP contribution in [0.3, 0.4) is 0 Å². The molecule has 3 heterocycles. The molecule has 7 nitrogen and oxygen atoms in total. The van der Waals surface area contributed by atoms with Crippen molar-refractivity contribution in [3.8, 4) is 0 Å². The number of rotatable bonds is 5. The van der Waals surface area contributed by atoms with Crippen LogP contribution in [-0.2, 0) is 16.1 Å². The van der Waals surface area contributed by atoms with Gasteiger partial charge in [0.25, 0.3) is 5.91 Å². The number of piperazine rings is 1. The van der Waals surface area contributed by atoms with Crippen LogP contribution in [0.25, 0.3) is 11.1 Å². The van der Waals surface area contributed by atoms with Gasteiger partial charge in [0.15, 0.2) is 0 Å². The van der Waals surface area contributed by atoms with Gasteiger partial charge in [0, 0.05) is 38.2 Å². The molecule has 158 valence electrons.